The van der Waals surface area contributed by atoms with Crippen molar-refractivity contribution >= 4 is 45.7 Å². The second-order valence-electron chi connectivity index (χ2n) is 4.43. The number of hydrogen-bond donors (Lipinski definition) is 1. The Morgan fingerprint density at radius 2 is 2.04 bits per heavy atom. The van der Waals surface area contributed by atoms with Gasteiger partial charge in [0.2, 0.25) is 5.13 Å². The molecule has 10 heteroatoms. The van der Waals surface area contributed by atoms with E-state index < -0.39 is 0 Å². The van der Waals surface area contributed by atoms with Gasteiger partial charge in [0.05, 0.1) is 5.69 Å². The van der Waals surface area contributed by atoms with Crippen LogP contribution in [0.4, 0.5) is 9.52 Å². The number of nitrogens with one attached hydrogen (secondary N) is 1. The molecule has 0 atom stereocenters. The van der Waals surface area contributed by atoms with Crippen LogP contribution in [0.25, 0.3) is 0 Å². The van der Waals surface area contributed by atoms with Crippen LogP contribution in [0.15, 0.2) is 28.6 Å². The minimum Gasteiger partial charge on any atom is -0.296 e. The van der Waals surface area contributed by atoms with E-state index in [1.807, 2.05) is 0 Å². The van der Waals surface area contributed by atoms with E-state index in [1.165, 1.54) is 35.2 Å². The van der Waals surface area contributed by atoms with Gasteiger partial charge in [-0.25, -0.2) is 4.39 Å². The molecule has 0 aliphatic heterocycles. The molecule has 1 amide bonds. The number of nitrogens with zero attached hydrogens (tertiary/aromatic N) is 4. The Balaban J connectivity index is 1.58. The number of rotatable bonds is 5. The molecule has 1 N–H and O–H groups in total. The number of halogens is 1. The second-order valence-corrected chi connectivity index (χ2v) is 7.38. The van der Waals surface area contributed by atoms with Gasteiger partial charge >= 0.3 is 0 Å². The Morgan fingerprint density at radius 1 is 1.26 bits per heavy atom. The summed E-state index contributed by atoms with van der Waals surface area (Å²) in [6, 6.07) is 6.30. The molecule has 3 rings (SSSR count). The fraction of sp³-hybridized carbons (Fsp3) is 0.154. The molecule has 0 aliphatic carbocycles. The van der Waals surface area contributed by atoms with Crippen LogP contribution in [0.1, 0.15) is 20.9 Å². The van der Waals surface area contributed by atoms with Crippen LogP contribution in [0.5, 0.6) is 0 Å². The number of amides is 1. The molecule has 6 nitrogen and oxygen atoms in total. The lowest BCUT2D eigenvalue weighted by atomic mass is 10.2. The lowest BCUT2D eigenvalue weighted by Gasteiger charge is -1.98. The summed E-state index contributed by atoms with van der Waals surface area (Å²) in [6.45, 7) is 1.72. The summed E-state index contributed by atoms with van der Waals surface area (Å²) in [7, 11) is 0. The predicted molar refractivity (Wildman–Crippen MR) is 88.5 cm³/mol. The molecule has 0 spiro atoms. The van der Waals surface area contributed by atoms with Crippen molar-refractivity contribution in [3.63, 3.8) is 0 Å². The van der Waals surface area contributed by atoms with Crippen molar-refractivity contribution in [2.75, 3.05) is 5.32 Å². The Bertz CT molecular complexity index is 817. The number of thioether (sulfide) groups is 1. The van der Waals surface area contributed by atoms with Crippen LogP contribution in [0, 0.1) is 12.7 Å². The van der Waals surface area contributed by atoms with Crippen LogP contribution < -0.4 is 5.32 Å². The van der Waals surface area contributed by atoms with Crippen LogP contribution in [0.3, 0.4) is 0 Å². The Morgan fingerprint density at radius 3 is 2.74 bits per heavy atom. The van der Waals surface area contributed by atoms with E-state index in [0.717, 1.165) is 21.4 Å². The third kappa shape index (κ3) is 4.09. The smallest absolute Gasteiger partial charge is 0.271 e. The van der Waals surface area contributed by atoms with Crippen LogP contribution in [0.2, 0.25) is 0 Å². The molecule has 118 valence electrons. The van der Waals surface area contributed by atoms with E-state index in [0.29, 0.717) is 21.5 Å². The lowest BCUT2D eigenvalue weighted by molar-refractivity contribution is 0.102. The normalized spacial score (nSPS) is 10.7. The van der Waals surface area contributed by atoms with Gasteiger partial charge in [0.1, 0.15) is 10.7 Å². The summed E-state index contributed by atoms with van der Waals surface area (Å²) in [4.78, 5) is 12.5. The van der Waals surface area contributed by atoms with Gasteiger partial charge in [-0.15, -0.1) is 15.3 Å². The van der Waals surface area contributed by atoms with E-state index in [1.54, 1.807) is 19.1 Å². The molecule has 0 bridgehead atoms. The third-order valence-electron chi connectivity index (χ3n) is 2.76. The third-order valence-corrected chi connectivity index (χ3v) is 5.63. The average Bonchev–Trinajstić information content (AvgIpc) is 3.15. The summed E-state index contributed by atoms with van der Waals surface area (Å²) in [5, 5.41) is 14.9. The summed E-state index contributed by atoms with van der Waals surface area (Å²) in [5.74, 6) is 0.108. The van der Waals surface area contributed by atoms with E-state index in [-0.39, 0.29) is 11.7 Å². The molecule has 1 aromatic carbocycles. The van der Waals surface area contributed by atoms with Crippen molar-refractivity contribution in [3.8, 4) is 0 Å². The van der Waals surface area contributed by atoms with Crippen LogP contribution in [-0.4, -0.2) is 25.7 Å². The zero-order chi connectivity index (χ0) is 16.2. The number of benzene rings is 1. The minimum atomic E-state index is -0.288. The van der Waals surface area contributed by atoms with Gasteiger partial charge in [-0.05, 0) is 36.2 Å². The number of aromatic nitrogens is 4. The predicted octanol–water partition coefficient (Wildman–Crippen LogP) is 3.38. The molecule has 0 fully saturated rings. The quantitative estimate of drug-likeness (QED) is 0.550. The monoisotopic (exact) mass is 367 g/mol. The zero-order valence-electron chi connectivity index (χ0n) is 11.8. The van der Waals surface area contributed by atoms with Gasteiger partial charge in [0.25, 0.3) is 5.91 Å². The van der Waals surface area contributed by atoms with Crippen molar-refractivity contribution < 1.29 is 9.18 Å². The highest BCUT2D eigenvalue weighted by atomic mass is 32.2. The molecule has 3 aromatic rings. The fourth-order valence-electron chi connectivity index (χ4n) is 1.64. The molecule has 0 aliphatic rings. The van der Waals surface area contributed by atoms with E-state index >= 15 is 0 Å². The van der Waals surface area contributed by atoms with Crippen molar-refractivity contribution in [2.24, 2.45) is 0 Å². The molecule has 0 saturated heterocycles. The second kappa shape index (κ2) is 7.11. The largest absolute Gasteiger partial charge is 0.296 e. The molecule has 2 aromatic heterocycles. The van der Waals surface area contributed by atoms with E-state index in [9.17, 15) is 9.18 Å². The fourth-order valence-corrected chi connectivity index (χ4v) is 3.89. The maximum Gasteiger partial charge on any atom is 0.271 e. The SMILES string of the molecule is Cc1nnsc1C(=O)Nc1nnc(SCc2ccc(F)cc2)s1. The van der Waals surface area contributed by atoms with Crippen LogP contribution in [-0.2, 0) is 5.75 Å². The highest BCUT2D eigenvalue weighted by Gasteiger charge is 2.15. The van der Waals surface area contributed by atoms with E-state index in [2.05, 4.69) is 25.1 Å². The first-order valence-electron chi connectivity index (χ1n) is 6.43. The number of hydrogen-bond acceptors (Lipinski definition) is 8. The number of anilines is 1. The highest BCUT2D eigenvalue weighted by molar-refractivity contribution is 8.00. The van der Waals surface area contributed by atoms with Crippen molar-refractivity contribution in [1.29, 1.82) is 0 Å². The first-order valence-corrected chi connectivity index (χ1v) is 9.00. The molecular weight excluding hydrogens is 357 g/mol. The van der Waals surface area contributed by atoms with Gasteiger partial charge in [-0.1, -0.05) is 39.7 Å². The maximum absolute atomic E-state index is 12.8. The van der Waals surface area contributed by atoms with Gasteiger partial charge in [-0.3, -0.25) is 10.1 Å². The average molecular weight is 367 g/mol. The number of aryl methyl sites for hydroxylation is 1. The molecule has 0 saturated carbocycles. The molecule has 2 heterocycles. The highest BCUT2D eigenvalue weighted by Crippen LogP contribution is 2.28. The molecular formula is C13H10FN5OS3. The summed E-state index contributed by atoms with van der Waals surface area (Å²) in [6.07, 6.45) is 0. The topological polar surface area (TPSA) is 80.7 Å². The number of carbonyl (C=O) groups excluding carboxylic acids is 1. The van der Waals surface area contributed by atoms with Crippen LogP contribution >= 0.6 is 34.6 Å². The molecule has 0 radical (unpaired) electrons. The zero-order valence-corrected chi connectivity index (χ0v) is 14.3. The Labute approximate surface area is 143 Å². The van der Waals surface area contributed by atoms with Crippen molar-refractivity contribution in [3.05, 3.63) is 46.2 Å². The van der Waals surface area contributed by atoms with Gasteiger partial charge in [-0.2, -0.15) is 0 Å². The summed E-state index contributed by atoms with van der Waals surface area (Å²) >= 11 is 3.80. The lowest BCUT2D eigenvalue weighted by Crippen LogP contribution is -2.11. The number of carbonyl (C=O) groups is 1. The minimum absolute atomic E-state index is 0.257. The summed E-state index contributed by atoms with van der Waals surface area (Å²) in [5.41, 5.74) is 1.58. The van der Waals surface area contributed by atoms with Gasteiger partial charge in [0.15, 0.2) is 4.34 Å². The van der Waals surface area contributed by atoms with Gasteiger partial charge in [0, 0.05) is 5.75 Å². The maximum atomic E-state index is 12.8. The summed E-state index contributed by atoms with van der Waals surface area (Å²) < 4.78 is 17.3. The first-order chi connectivity index (χ1) is 11.1. The van der Waals surface area contributed by atoms with Crippen molar-refractivity contribution in [2.45, 2.75) is 17.0 Å². The Kier molecular flexibility index (Phi) is 4.94. The standard InChI is InChI=1S/C13H10FN5OS3/c1-7-10(23-19-16-7)11(20)15-12-17-18-13(22-12)21-6-8-2-4-9(14)5-3-8/h2-5H,6H2,1H3,(H,15,17,20). The van der Waals surface area contributed by atoms with Crippen molar-refractivity contribution in [1.82, 2.24) is 19.8 Å². The van der Waals surface area contributed by atoms with Gasteiger partial charge < -0.3 is 0 Å². The Hall–Kier alpha value is -1.91. The molecule has 23 heavy (non-hydrogen) atoms. The van der Waals surface area contributed by atoms with E-state index in [4.69, 9.17) is 0 Å². The molecule has 0 unspecified atom stereocenters. The first kappa shape index (κ1) is 16.0.